The van der Waals surface area contributed by atoms with Gasteiger partial charge in [0.05, 0.1) is 6.10 Å². The van der Waals surface area contributed by atoms with E-state index in [4.69, 9.17) is 13.3 Å². The van der Waals surface area contributed by atoms with Crippen LogP contribution < -0.4 is 0 Å². The molecule has 0 saturated carbocycles. The molecule has 84 valence electrons. The fraction of sp³-hybridized carbons (Fsp3) is 0.400. The SMILES string of the molecule is CO[SiH](OC)OC(C)c1cccc(F)c1. The average molecular weight is 230 g/mol. The summed E-state index contributed by atoms with van der Waals surface area (Å²) < 4.78 is 28.5. The van der Waals surface area contributed by atoms with E-state index in [1.54, 1.807) is 20.3 Å². The van der Waals surface area contributed by atoms with Crippen molar-refractivity contribution in [2.45, 2.75) is 13.0 Å². The molecule has 1 aromatic rings. The van der Waals surface area contributed by atoms with Crippen molar-refractivity contribution in [3.8, 4) is 0 Å². The first-order chi connectivity index (χ1) is 7.17. The summed E-state index contributed by atoms with van der Waals surface area (Å²) in [6.07, 6.45) is -0.225. The van der Waals surface area contributed by atoms with E-state index in [1.807, 2.05) is 13.0 Å². The Morgan fingerprint density at radius 2 is 1.93 bits per heavy atom. The molecule has 0 aromatic heterocycles. The molecule has 0 spiro atoms. The van der Waals surface area contributed by atoms with Crippen molar-refractivity contribution in [3.05, 3.63) is 35.6 Å². The number of rotatable bonds is 5. The van der Waals surface area contributed by atoms with Gasteiger partial charge >= 0.3 is 9.53 Å². The van der Waals surface area contributed by atoms with Crippen LogP contribution in [0.4, 0.5) is 4.39 Å². The summed E-state index contributed by atoms with van der Waals surface area (Å²) in [5, 5.41) is 0. The summed E-state index contributed by atoms with van der Waals surface area (Å²) in [4.78, 5) is 0. The summed E-state index contributed by atoms with van der Waals surface area (Å²) in [6, 6.07) is 6.31. The second kappa shape index (κ2) is 5.97. The molecule has 0 aliphatic rings. The Labute approximate surface area is 90.7 Å². The van der Waals surface area contributed by atoms with Gasteiger partial charge in [-0.3, -0.25) is 0 Å². The number of halogens is 1. The van der Waals surface area contributed by atoms with Gasteiger partial charge in [-0.05, 0) is 24.6 Å². The van der Waals surface area contributed by atoms with Crippen molar-refractivity contribution >= 4 is 9.53 Å². The van der Waals surface area contributed by atoms with Crippen LogP contribution in [-0.4, -0.2) is 23.7 Å². The van der Waals surface area contributed by atoms with Gasteiger partial charge in [0.15, 0.2) is 0 Å². The van der Waals surface area contributed by atoms with Crippen molar-refractivity contribution < 1.29 is 17.7 Å². The van der Waals surface area contributed by atoms with Crippen LogP contribution in [0.15, 0.2) is 24.3 Å². The van der Waals surface area contributed by atoms with Crippen molar-refractivity contribution in [2.75, 3.05) is 14.2 Å². The Kier molecular flexibility index (Phi) is 4.90. The van der Waals surface area contributed by atoms with Gasteiger partial charge < -0.3 is 13.3 Å². The summed E-state index contributed by atoms with van der Waals surface area (Å²) in [5.41, 5.74) is 0.779. The number of hydrogen-bond acceptors (Lipinski definition) is 3. The smallest absolute Gasteiger partial charge is 0.379 e. The molecule has 1 atom stereocenters. The maximum atomic E-state index is 12.9. The van der Waals surface area contributed by atoms with E-state index in [-0.39, 0.29) is 11.9 Å². The molecule has 3 nitrogen and oxygen atoms in total. The third-order valence-electron chi connectivity index (χ3n) is 2.02. The van der Waals surface area contributed by atoms with E-state index < -0.39 is 9.53 Å². The van der Waals surface area contributed by atoms with Crippen LogP contribution in [0.1, 0.15) is 18.6 Å². The van der Waals surface area contributed by atoms with Gasteiger partial charge in [0.25, 0.3) is 0 Å². The van der Waals surface area contributed by atoms with Gasteiger partial charge in [-0.1, -0.05) is 12.1 Å². The van der Waals surface area contributed by atoms with Gasteiger partial charge in [-0.15, -0.1) is 0 Å². The molecule has 0 fully saturated rings. The highest BCUT2D eigenvalue weighted by atomic mass is 28.3. The lowest BCUT2D eigenvalue weighted by atomic mass is 10.1. The zero-order valence-corrected chi connectivity index (χ0v) is 10.2. The molecule has 0 N–H and O–H groups in total. The minimum atomic E-state index is -2.06. The average Bonchev–Trinajstić information content (AvgIpc) is 2.25. The van der Waals surface area contributed by atoms with E-state index in [9.17, 15) is 4.39 Å². The molecule has 1 unspecified atom stereocenters. The highest BCUT2D eigenvalue weighted by molar-refractivity contribution is 6.36. The fourth-order valence-electron chi connectivity index (χ4n) is 1.21. The molecule has 0 saturated heterocycles. The highest BCUT2D eigenvalue weighted by Crippen LogP contribution is 2.18. The lowest BCUT2D eigenvalue weighted by Gasteiger charge is -2.18. The van der Waals surface area contributed by atoms with Crippen LogP contribution in [0, 0.1) is 5.82 Å². The monoisotopic (exact) mass is 230 g/mol. The Morgan fingerprint density at radius 1 is 1.27 bits per heavy atom. The minimum absolute atomic E-state index is 0.225. The first kappa shape index (κ1) is 12.3. The molecule has 0 aliphatic carbocycles. The zero-order valence-electron chi connectivity index (χ0n) is 9.07. The predicted octanol–water partition coefficient (Wildman–Crippen LogP) is 1.91. The Morgan fingerprint density at radius 3 is 2.47 bits per heavy atom. The third-order valence-corrected chi connectivity index (χ3v) is 3.42. The van der Waals surface area contributed by atoms with Crippen LogP contribution >= 0.6 is 0 Å². The van der Waals surface area contributed by atoms with Crippen molar-refractivity contribution in [1.29, 1.82) is 0 Å². The molecule has 0 heterocycles. The van der Waals surface area contributed by atoms with E-state index in [0.29, 0.717) is 0 Å². The molecular formula is C10H15FO3Si. The molecule has 1 aromatic carbocycles. The third kappa shape index (κ3) is 3.71. The number of benzene rings is 1. The molecule has 0 radical (unpaired) electrons. The summed E-state index contributed by atoms with van der Waals surface area (Å²) >= 11 is 0. The van der Waals surface area contributed by atoms with Crippen molar-refractivity contribution in [3.63, 3.8) is 0 Å². The normalized spacial score (nSPS) is 13.1. The summed E-state index contributed by atoms with van der Waals surface area (Å²) in [5.74, 6) is -0.268. The van der Waals surface area contributed by atoms with E-state index in [2.05, 4.69) is 0 Å². The standard InChI is InChI=1S/C10H15FO3Si/c1-8(14-15(12-2)13-3)9-5-4-6-10(11)7-9/h4-8,15H,1-3H3. The van der Waals surface area contributed by atoms with Crippen LogP contribution in [0.25, 0.3) is 0 Å². The summed E-state index contributed by atoms with van der Waals surface area (Å²) in [6.45, 7) is 1.84. The number of hydrogen-bond donors (Lipinski definition) is 0. The second-order valence-corrected chi connectivity index (χ2v) is 4.89. The predicted molar refractivity (Wildman–Crippen MR) is 57.1 cm³/mol. The maximum absolute atomic E-state index is 12.9. The highest BCUT2D eigenvalue weighted by Gasteiger charge is 2.16. The quantitative estimate of drug-likeness (QED) is 0.723. The molecule has 5 heteroatoms. The Balaban J connectivity index is 2.64. The van der Waals surface area contributed by atoms with E-state index in [0.717, 1.165) is 5.56 Å². The van der Waals surface area contributed by atoms with Crippen LogP contribution in [0.2, 0.25) is 0 Å². The molecule has 0 amide bonds. The van der Waals surface area contributed by atoms with Crippen molar-refractivity contribution in [2.24, 2.45) is 0 Å². The van der Waals surface area contributed by atoms with Crippen LogP contribution in [-0.2, 0) is 13.3 Å². The first-order valence-electron chi connectivity index (χ1n) is 4.64. The molecule has 15 heavy (non-hydrogen) atoms. The topological polar surface area (TPSA) is 27.7 Å². The van der Waals surface area contributed by atoms with E-state index in [1.165, 1.54) is 12.1 Å². The lowest BCUT2D eigenvalue weighted by Crippen LogP contribution is -2.25. The Bertz CT molecular complexity index is 304. The molecule has 1 rings (SSSR count). The molecular weight excluding hydrogens is 215 g/mol. The molecule has 0 bridgehead atoms. The van der Waals surface area contributed by atoms with Gasteiger partial charge in [0.1, 0.15) is 5.82 Å². The fourth-order valence-corrected chi connectivity index (χ4v) is 2.12. The van der Waals surface area contributed by atoms with E-state index >= 15 is 0 Å². The Hall–Kier alpha value is -0.753. The maximum Gasteiger partial charge on any atom is 0.484 e. The van der Waals surface area contributed by atoms with Gasteiger partial charge in [-0.25, -0.2) is 4.39 Å². The second-order valence-electron chi connectivity index (χ2n) is 3.09. The first-order valence-corrected chi connectivity index (χ1v) is 6.05. The summed E-state index contributed by atoms with van der Waals surface area (Å²) in [7, 11) is 1.02. The van der Waals surface area contributed by atoms with Crippen LogP contribution in [0.5, 0.6) is 0 Å². The zero-order chi connectivity index (χ0) is 11.3. The van der Waals surface area contributed by atoms with Gasteiger partial charge in [0, 0.05) is 14.2 Å². The minimum Gasteiger partial charge on any atom is -0.379 e. The molecule has 0 aliphatic heterocycles. The lowest BCUT2D eigenvalue weighted by molar-refractivity contribution is 0.0949. The van der Waals surface area contributed by atoms with Gasteiger partial charge in [0.2, 0.25) is 0 Å². The van der Waals surface area contributed by atoms with Crippen LogP contribution in [0.3, 0.4) is 0 Å². The largest absolute Gasteiger partial charge is 0.484 e. The van der Waals surface area contributed by atoms with Crippen molar-refractivity contribution in [1.82, 2.24) is 0 Å². The van der Waals surface area contributed by atoms with Gasteiger partial charge in [-0.2, -0.15) is 0 Å².